The summed E-state index contributed by atoms with van der Waals surface area (Å²) in [5.41, 5.74) is -0.217. The molecule has 2 atom stereocenters. The minimum atomic E-state index is -1.84. The lowest BCUT2D eigenvalue weighted by molar-refractivity contribution is -0.160. The second-order valence-corrected chi connectivity index (χ2v) is 11.4. The van der Waals surface area contributed by atoms with Crippen LogP contribution in [0.1, 0.15) is 33.4 Å². The Morgan fingerprint density at radius 2 is 1.17 bits per heavy atom. The van der Waals surface area contributed by atoms with Crippen molar-refractivity contribution < 1.29 is 74.6 Å². The number of carbonyl (C=O) groups is 4. The van der Waals surface area contributed by atoms with Crippen LogP contribution in [0.2, 0.25) is 0 Å². The number of aliphatic carboxylic acids is 2. The molecule has 0 unspecified atom stereocenters. The average Bonchev–Trinajstić information content (AvgIpc) is 3.08. The molecule has 270 valence electrons. The molecule has 0 saturated heterocycles. The molecule has 4 aromatic carbocycles. The number of aryl methyl sites for hydroxylation is 1. The van der Waals surface area contributed by atoms with Crippen LogP contribution in [0.4, 0.5) is 0 Å². The topological polar surface area (TPSA) is 269 Å². The number of rotatable bonds is 13. The smallest absolute Gasteiger partial charge is 0.345 e. The molecular weight excluding hydrogens is 684 g/mol. The van der Waals surface area contributed by atoms with E-state index in [1.165, 1.54) is 30.3 Å². The maximum absolute atomic E-state index is 13.8. The Morgan fingerprint density at radius 3 is 1.75 bits per heavy atom. The Hall–Kier alpha value is -7.16. The van der Waals surface area contributed by atoms with Crippen molar-refractivity contribution in [3.8, 4) is 40.2 Å². The highest BCUT2D eigenvalue weighted by Crippen LogP contribution is 2.39. The molecule has 9 N–H and O–H groups in total. The van der Waals surface area contributed by atoms with E-state index in [1.807, 2.05) is 0 Å². The van der Waals surface area contributed by atoms with E-state index in [-0.39, 0.29) is 22.4 Å². The molecule has 0 fully saturated rings. The zero-order chi connectivity index (χ0) is 38.3. The molecule has 0 aliphatic heterocycles. The summed E-state index contributed by atoms with van der Waals surface area (Å²) >= 11 is 0. The third kappa shape index (κ3) is 9.29. The Balaban J connectivity index is 1.73. The summed E-state index contributed by atoms with van der Waals surface area (Å²) in [6.07, 6.45) is -1.62. The number of hydrogen-bond donors (Lipinski definition) is 9. The van der Waals surface area contributed by atoms with E-state index in [9.17, 15) is 65.1 Å². The number of ether oxygens (including phenoxy) is 2. The van der Waals surface area contributed by atoms with Gasteiger partial charge in [0.05, 0.1) is 5.57 Å². The predicted octanol–water partition coefficient (Wildman–Crippen LogP) is 3.97. The molecule has 0 spiro atoms. The first-order valence-electron chi connectivity index (χ1n) is 15.2. The highest BCUT2D eigenvalue weighted by Gasteiger charge is 2.29. The van der Waals surface area contributed by atoms with Crippen molar-refractivity contribution in [2.45, 2.75) is 32.0 Å². The van der Waals surface area contributed by atoms with E-state index in [0.29, 0.717) is 11.1 Å². The number of carboxylic acids is 2. The van der Waals surface area contributed by atoms with Gasteiger partial charge in [-0.3, -0.25) is 0 Å². The summed E-state index contributed by atoms with van der Waals surface area (Å²) in [6, 6.07) is 13.3. The van der Waals surface area contributed by atoms with Crippen LogP contribution in [-0.2, 0) is 41.5 Å². The van der Waals surface area contributed by atoms with E-state index < -0.39 is 94.6 Å². The van der Waals surface area contributed by atoms with E-state index in [2.05, 4.69) is 0 Å². The molecule has 0 heterocycles. The van der Waals surface area contributed by atoms with Crippen LogP contribution in [0.15, 0.2) is 72.8 Å². The van der Waals surface area contributed by atoms with Gasteiger partial charge in [-0.15, -0.1) is 0 Å². The maximum Gasteiger partial charge on any atom is 0.345 e. The second kappa shape index (κ2) is 16.0. The third-order valence-corrected chi connectivity index (χ3v) is 7.60. The highest BCUT2D eigenvalue weighted by atomic mass is 16.6. The number of phenolic OH excluding ortho intramolecular Hbond substituents is 7. The van der Waals surface area contributed by atoms with Gasteiger partial charge >= 0.3 is 23.9 Å². The summed E-state index contributed by atoms with van der Waals surface area (Å²) in [5, 5.41) is 90.1. The van der Waals surface area contributed by atoms with Gasteiger partial charge in [0.25, 0.3) is 0 Å². The Labute approximate surface area is 294 Å². The van der Waals surface area contributed by atoms with Crippen LogP contribution in [0.3, 0.4) is 0 Å². The molecule has 4 aromatic rings. The molecular formula is C37H32O15. The monoisotopic (exact) mass is 716 g/mol. The number of aromatic hydroxyl groups is 7. The summed E-state index contributed by atoms with van der Waals surface area (Å²) in [5.74, 6) is -9.60. The predicted molar refractivity (Wildman–Crippen MR) is 182 cm³/mol. The van der Waals surface area contributed by atoms with Crippen LogP contribution in [0, 0.1) is 6.92 Å². The first-order chi connectivity index (χ1) is 24.5. The summed E-state index contributed by atoms with van der Waals surface area (Å²) < 4.78 is 10.4. The number of carbonyl (C=O) groups excluding carboxylic acids is 2. The molecule has 0 bridgehead atoms. The Morgan fingerprint density at radius 1 is 0.635 bits per heavy atom. The molecule has 15 heteroatoms. The SMILES string of the molecule is Cc1ccc(C[C@@H](OC(=O)C(=Cc2ccc(O)c(O)c2)c2c(C=CC(=O)O[C@@H](Cc3ccc(O)c(O)c3)C(=O)O)ccc(O)c2O)C(=O)O)cc1O. The Bertz CT molecular complexity index is 2100. The molecule has 0 aromatic heterocycles. The minimum absolute atomic E-state index is 0.0271. The molecule has 0 aliphatic rings. The first kappa shape index (κ1) is 37.7. The molecule has 4 rings (SSSR count). The van der Waals surface area contributed by atoms with Gasteiger partial charge < -0.3 is 55.4 Å². The minimum Gasteiger partial charge on any atom is -0.508 e. The van der Waals surface area contributed by atoms with Gasteiger partial charge in [0.1, 0.15) is 5.75 Å². The lowest BCUT2D eigenvalue weighted by Crippen LogP contribution is -2.29. The van der Waals surface area contributed by atoms with Gasteiger partial charge in [-0.2, -0.15) is 0 Å². The van der Waals surface area contributed by atoms with Crippen molar-refractivity contribution in [1.82, 2.24) is 0 Å². The van der Waals surface area contributed by atoms with Crippen molar-refractivity contribution in [2.75, 3.05) is 0 Å². The van der Waals surface area contributed by atoms with Crippen LogP contribution < -0.4 is 0 Å². The molecule has 15 nitrogen and oxygen atoms in total. The lowest BCUT2D eigenvalue weighted by atomic mass is 9.95. The van der Waals surface area contributed by atoms with Crippen molar-refractivity contribution in [3.05, 3.63) is 106 Å². The van der Waals surface area contributed by atoms with Crippen LogP contribution >= 0.6 is 0 Å². The summed E-state index contributed by atoms with van der Waals surface area (Å²) in [6.45, 7) is 1.62. The fourth-order valence-corrected chi connectivity index (χ4v) is 4.84. The standard InChI is InChI=1S/C37H32O15/c1-18-2-3-20(13-27(18)41)17-31(36(48)49)52-37(50)23(12-19-4-8-24(38)28(42)14-19)33-22(6-10-26(40)34(33)45)7-11-32(44)51-30(35(46)47)16-21-5-9-25(39)29(43)15-21/h2-15,30-31,38-43,45H,16-17H2,1H3,(H,46,47)(H,48,49)/t30-,31+/m0/s1. The highest BCUT2D eigenvalue weighted by molar-refractivity contribution is 6.24. The van der Waals surface area contributed by atoms with Gasteiger partial charge in [0.15, 0.2) is 34.5 Å². The van der Waals surface area contributed by atoms with Gasteiger partial charge in [-0.05, 0) is 83.3 Å². The summed E-state index contributed by atoms with van der Waals surface area (Å²) in [4.78, 5) is 50.6. The van der Waals surface area contributed by atoms with Crippen LogP contribution in [0.5, 0.6) is 40.2 Å². The third-order valence-electron chi connectivity index (χ3n) is 7.60. The lowest BCUT2D eigenvalue weighted by Gasteiger charge is -2.18. The number of carboxylic acid groups (broad SMARTS) is 2. The molecule has 0 radical (unpaired) electrons. The fraction of sp³-hybridized carbons (Fsp3) is 0.135. The zero-order valence-electron chi connectivity index (χ0n) is 27.1. The van der Waals surface area contributed by atoms with Gasteiger partial charge in [0, 0.05) is 24.5 Å². The normalized spacial score (nSPS) is 12.6. The number of esters is 2. The molecule has 0 saturated carbocycles. The van der Waals surface area contributed by atoms with Crippen molar-refractivity contribution in [3.63, 3.8) is 0 Å². The zero-order valence-corrected chi connectivity index (χ0v) is 27.1. The number of benzene rings is 4. The van der Waals surface area contributed by atoms with Crippen molar-refractivity contribution in [2.24, 2.45) is 0 Å². The number of phenols is 7. The van der Waals surface area contributed by atoms with E-state index in [1.54, 1.807) is 6.92 Å². The average molecular weight is 717 g/mol. The quantitative estimate of drug-likeness (QED) is 0.0410. The van der Waals surface area contributed by atoms with Gasteiger partial charge in [-0.1, -0.05) is 30.3 Å². The Kier molecular flexibility index (Phi) is 11.6. The number of hydrogen-bond acceptors (Lipinski definition) is 13. The maximum atomic E-state index is 13.8. The molecule has 52 heavy (non-hydrogen) atoms. The largest absolute Gasteiger partial charge is 0.508 e. The fourth-order valence-electron chi connectivity index (χ4n) is 4.84. The summed E-state index contributed by atoms with van der Waals surface area (Å²) in [7, 11) is 0. The first-order valence-corrected chi connectivity index (χ1v) is 15.2. The van der Waals surface area contributed by atoms with Crippen LogP contribution in [-0.4, -0.2) is 82.0 Å². The van der Waals surface area contributed by atoms with Crippen molar-refractivity contribution >= 4 is 41.6 Å². The van der Waals surface area contributed by atoms with E-state index >= 15 is 0 Å². The van der Waals surface area contributed by atoms with E-state index in [0.717, 1.165) is 54.6 Å². The van der Waals surface area contributed by atoms with Gasteiger partial charge in [0.2, 0.25) is 12.2 Å². The molecule has 0 amide bonds. The van der Waals surface area contributed by atoms with E-state index in [4.69, 9.17) is 9.47 Å². The second-order valence-electron chi connectivity index (χ2n) is 11.4. The van der Waals surface area contributed by atoms with Crippen LogP contribution in [0.25, 0.3) is 17.7 Å². The van der Waals surface area contributed by atoms with Crippen molar-refractivity contribution in [1.29, 1.82) is 0 Å². The van der Waals surface area contributed by atoms with Gasteiger partial charge in [-0.25, -0.2) is 19.2 Å². The molecule has 0 aliphatic carbocycles.